The number of fused-ring (bicyclic) bond motifs is 3. The van der Waals surface area contributed by atoms with Crippen LogP contribution in [0.25, 0.3) is 5.69 Å². The second kappa shape index (κ2) is 7.30. The highest BCUT2D eigenvalue weighted by Crippen LogP contribution is 2.30. The van der Waals surface area contributed by atoms with Crippen LogP contribution >= 0.6 is 0 Å². The Labute approximate surface area is 174 Å². The maximum absolute atomic E-state index is 9.08. The van der Waals surface area contributed by atoms with Crippen molar-refractivity contribution in [1.82, 2.24) is 14.8 Å². The standard InChI is InChI=1S/C24H18N6/c1-17-26-27-24-29(16-19-13-11-18(15-25)12-14-19)28-23(20-7-3-2-4-8-20)21-9-5-6-10-22(21)30(17)24/h2-14H,16H2,1H3. The maximum Gasteiger partial charge on any atom is 0.252 e. The third-order valence-corrected chi connectivity index (χ3v) is 5.12. The van der Waals surface area contributed by atoms with Crippen LogP contribution in [0.1, 0.15) is 28.1 Å². The first kappa shape index (κ1) is 17.8. The summed E-state index contributed by atoms with van der Waals surface area (Å²) in [4.78, 5) is 0. The number of hydrazone groups is 1. The average molecular weight is 390 g/mol. The van der Waals surface area contributed by atoms with Crippen LogP contribution in [0.4, 0.5) is 5.95 Å². The molecule has 0 radical (unpaired) electrons. The van der Waals surface area contributed by atoms with Gasteiger partial charge in [0.25, 0.3) is 5.95 Å². The van der Waals surface area contributed by atoms with Crippen LogP contribution in [0.3, 0.4) is 0 Å². The summed E-state index contributed by atoms with van der Waals surface area (Å²) in [5.74, 6) is 1.46. The molecule has 2 heterocycles. The highest BCUT2D eigenvalue weighted by Gasteiger charge is 2.26. The summed E-state index contributed by atoms with van der Waals surface area (Å²) in [5, 5.41) is 24.7. The Morgan fingerprint density at radius 1 is 0.867 bits per heavy atom. The van der Waals surface area contributed by atoms with Crippen LogP contribution in [-0.2, 0) is 6.54 Å². The van der Waals surface area contributed by atoms with Crippen LogP contribution in [0, 0.1) is 18.3 Å². The SMILES string of the molecule is Cc1nnc2n1-c1ccccc1C(c1ccccc1)=NN2Cc1ccc(C#N)cc1. The van der Waals surface area contributed by atoms with E-state index >= 15 is 0 Å². The number of hydrogen-bond donors (Lipinski definition) is 0. The van der Waals surface area contributed by atoms with Gasteiger partial charge in [-0.15, -0.1) is 10.2 Å². The van der Waals surface area contributed by atoms with Crippen molar-refractivity contribution in [1.29, 1.82) is 5.26 Å². The minimum absolute atomic E-state index is 0.508. The fourth-order valence-corrected chi connectivity index (χ4v) is 3.66. The fraction of sp³-hybridized carbons (Fsp3) is 0.0833. The van der Waals surface area contributed by atoms with Gasteiger partial charge in [0, 0.05) is 11.1 Å². The molecule has 0 fully saturated rings. The van der Waals surface area contributed by atoms with E-state index in [0.717, 1.165) is 33.9 Å². The molecule has 5 rings (SSSR count). The van der Waals surface area contributed by atoms with Crippen molar-refractivity contribution in [2.24, 2.45) is 5.10 Å². The Morgan fingerprint density at radius 2 is 1.60 bits per heavy atom. The highest BCUT2D eigenvalue weighted by atomic mass is 15.6. The normalized spacial score (nSPS) is 12.4. The molecule has 0 amide bonds. The summed E-state index contributed by atoms with van der Waals surface area (Å²) in [5.41, 5.74) is 5.60. The molecule has 0 bridgehead atoms. The molecule has 0 saturated carbocycles. The van der Waals surface area contributed by atoms with Gasteiger partial charge >= 0.3 is 0 Å². The zero-order chi connectivity index (χ0) is 20.5. The van der Waals surface area contributed by atoms with Gasteiger partial charge in [0.2, 0.25) is 0 Å². The molecule has 1 aliphatic heterocycles. The predicted molar refractivity (Wildman–Crippen MR) is 116 cm³/mol. The molecule has 0 aliphatic carbocycles. The summed E-state index contributed by atoms with van der Waals surface area (Å²) in [6, 6.07) is 28.0. The maximum atomic E-state index is 9.08. The number of aryl methyl sites for hydroxylation is 1. The quantitative estimate of drug-likeness (QED) is 0.525. The van der Waals surface area contributed by atoms with Gasteiger partial charge in [-0.3, -0.25) is 4.57 Å². The lowest BCUT2D eigenvalue weighted by Gasteiger charge is -2.18. The smallest absolute Gasteiger partial charge is 0.252 e. The molecular weight excluding hydrogens is 372 g/mol. The minimum atomic E-state index is 0.508. The molecule has 6 heteroatoms. The van der Waals surface area contributed by atoms with E-state index in [1.54, 1.807) is 0 Å². The summed E-state index contributed by atoms with van der Waals surface area (Å²) < 4.78 is 2.04. The number of rotatable bonds is 3. The van der Waals surface area contributed by atoms with E-state index in [-0.39, 0.29) is 0 Å². The van der Waals surface area contributed by atoms with Crippen LogP contribution < -0.4 is 5.01 Å². The molecule has 1 aromatic heterocycles. The van der Waals surface area contributed by atoms with E-state index in [0.29, 0.717) is 18.1 Å². The van der Waals surface area contributed by atoms with Crippen LogP contribution in [0.5, 0.6) is 0 Å². The highest BCUT2D eigenvalue weighted by molar-refractivity contribution is 6.15. The van der Waals surface area contributed by atoms with Crippen molar-refractivity contribution < 1.29 is 0 Å². The molecule has 144 valence electrons. The Kier molecular flexibility index (Phi) is 4.34. The Balaban J connectivity index is 1.69. The summed E-state index contributed by atoms with van der Waals surface area (Å²) >= 11 is 0. The molecule has 0 spiro atoms. The van der Waals surface area contributed by atoms with Crippen molar-refractivity contribution in [2.75, 3.05) is 5.01 Å². The molecule has 3 aromatic carbocycles. The lowest BCUT2D eigenvalue weighted by atomic mass is 10.0. The van der Waals surface area contributed by atoms with Gasteiger partial charge in [-0.25, -0.2) is 5.01 Å². The van der Waals surface area contributed by atoms with Crippen LogP contribution in [-0.4, -0.2) is 20.5 Å². The molecule has 0 atom stereocenters. The third-order valence-electron chi connectivity index (χ3n) is 5.12. The molecular formula is C24H18N6. The summed E-state index contributed by atoms with van der Waals surface area (Å²) in [6.07, 6.45) is 0. The van der Waals surface area contributed by atoms with Gasteiger partial charge in [-0.05, 0) is 30.7 Å². The van der Waals surface area contributed by atoms with Gasteiger partial charge in [0.1, 0.15) is 11.5 Å². The monoisotopic (exact) mass is 390 g/mol. The van der Waals surface area contributed by atoms with E-state index in [1.807, 2.05) is 71.1 Å². The first-order valence-corrected chi connectivity index (χ1v) is 9.67. The number of para-hydroxylation sites is 1. The van der Waals surface area contributed by atoms with E-state index in [2.05, 4.69) is 40.5 Å². The number of hydrogen-bond acceptors (Lipinski definition) is 5. The largest absolute Gasteiger partial charge is 0.263 e. The Hall–Kier alpha value is -4.24. The van der Waals surface area contributed by atoms with Crippen molar-refractivity contribution in [3.8, 4) is 11.8 Å². The van der Waals surface area contributed by atoms with Crippen molar-refractivity contribution in [3.05, 3.63) is 107 Å². The van der Waals surface area contributed by atoms with E-state index < -0.39 is 0 Å². The van der Waals surface area contributed by atoms with Gasteiger partial charge in [0.15, 0.2) is 0 Å². The second-order valence-corrected chi connectivity index (χ2v) is 7.08. The number of anilines is 1. The summed E-state index contributed by atoms with van der Waals surface area (Å²) in [6.45, 7) is 2.45. The lowest BCUT2D eigenvalue weighted by Crippen LogP contribution is -2.20. The Morgan fingerprint density at radius 3 is 2.37 bits per heavy atom. The van der Waals surface area contributed by atoms with Gasteiger partial charge in [-0.2, -0.15) is 10.4 Å². The van der Waals surface area contributed by atoms with E-state index in [9.17, 15) is 0 Å². The second-order valence-electron chi connectivity index (χ2n) is 7.08. The van der Waals surface area contributed by atoms with Gasteiger partial charge < -0.3 is 0 Å². The fourth-order valence-electron chi connectivity index (χ4n) is 3.66. The van der Waals surface area contributed by atoms with E-state index in [1.165, 1.54) is 0 Å². The molecule has 0 unspecified atom stereocenters. The topological polar surface area (TPSA) is 70.1 Å². The first-order valence-electron chi connectivity index (χ1n) is 9.67. The first-order chi connectivity index (χ1) is 14.7. The number of benzene rings is 3. The average Bonchev–Trinajstić information content (AvgIpc) is 3.12. The van der Waals surface area contributed by atoms with Crippen molar-refractivity contribution in [3.63, 3.8) is 0 Å². The molecule has 0 saturated heterocycles. The molecule has 0 N–H and O–H groups in total. The minimum Gasteiger partial charge on any atom is -0.263 e. The van der Waals surface area contributed by atoms with Crippen molar-refractivity contribution >= 4 is 11.7 Å². The molecule has 30 heavy (non-hydrogen) atoms. The number of nitriles is 1. The number of aromatic nitrogens is 3. The molecule has 6 nitrogen and oxygen atoms in total. The van der Waals surface area contributed by atoms with Gasteiger partial charge in [-0.1, -0.05) is 60.7 Å². The zero-order valence-corrected chi connectivity index (χ0v) is 16.4. The lowest BCUT2D eigenvalue weighted by molar-refractivity contribution is 0.796. The van der Waals surface area contributed by atoms with Crippen LogP contribution in [0.15, 0.2) is 84.0 Å². The summed E-state index contributed by atoms with van der Waals surface area (Å²) in [7, 11) is 0. The zero-order valence-electron chi connectivity index (χ0n) is 16.4. The predicted octanol–water partition coefficient (Wildman–Crippen LogP) is 4.22. The Bertz CT molecular complexity index is 1280. The molecule has 1 aliphatic rings. The molecule has 4 aromatic rings. The number of nitrogens with zero attached hydrogens (tertiary/aromatic N) is 6. The van der Waals surface area contributed by atoms with Gasteiger partial charge in [0.05, 0.1) is 23.9 Å². The van der Waals surface area contributed by atoms with E-state index in [4.69, 9.17) is 10.4 Å². The van der Waals surface area contributed by atoms with Crippen molar-refractivity contribution in [2.45, 2.75) is 13.5 Å². The third kappa shape index (κ3) is 3.03. The van der Waals surface area contributed by atoms with Crippen LogP contribution in [0.2, 0.25) is 0 Å².